The smallest absolute Gasteiger partial charge is 0.227 e. The minimum absolute atomic E-state index is 0.0884. The molecule has 1 saturated heterocycles. The number of carbonyl (C=O) groups is 1. The zero-order chi connectivity index (χ0) is 14.7. The number of nitrogens with one attached hydrogen (secondary N) is 1. The predicted octanol–water partition coefficient (Wildman–Crippen LogP) is 2.60. The average Bonchev–Trinajstić information content (AvgIpc) is 3.18. The van der Waals surface area contributed by atoms with E-state index in [9.17, 15) is 4.79 Å². The van der Waals surface area contributed by atoms with Crippen LogP contribution in [0.15, 0.2) is 24.3 Å². The van der Waals surface area contributed by atoms with Gasteiger partial charge >= 0.3 is 0 Å². The minimum atomic E-state index is 0.0884. The zero-order valence-electron chi connectivity index (χ0n) is 12.6. The van der Waals surface area contributed by atoms with Crippen molar-refractivity contribution in [3.63, 3.8) is 0 Å². The Morgan fingerprint density at radius 3 is 2.81 bits per heavy atom. The Labute approximate surface area is 126 Å². The highest BCUT2D eigenvalue weighted by Crippen LogP contribution is 2.32. The summed E-state index contributed by atoms with van der Waals surface area (Å²) >= 11 is 0. The molecule has 1 aliphatic carbocycles. The summed E-state index contributed by atoms with van der Waals surface area (Å²) in [7, 11) is 0. The summed E-state index contributed by atoms with van der Waals surface area (Å²) in [5, 5.41) is 3.09. The van der Waals surface area contributed by atoms with Crippen molar-refractivity contribution in [1.82, 2.24) is 0 Å². The van der Waals surface area contributed by atoms with Crippen LogP contribution in [-0.4, -0.2) is 25.5 Å². The van der Waals surface area contributed by atoms with E-state index in [-0.39, 0.29) is 11.8 Å². The molecule has 0 unspecified atom stereocenters. The maximum Gasteiger partial charge on any atom is 0.227 e. The summed E-state index contributed by atoms with van der Waals surface area (Å²) < 4.78 is 0. The van der Waals surface area contributed by atoms with E-state index in [2.05, 4.69) is 22.3 Å². The molecule has 1 aromatic rings. The molecule has 0 radical (unpaired) electrons. The molecule has 21 heavy (non-hydrogen) atoms. The Kier molecular flexibility index (Phi) is 4.44. The number of nitrogens with zero attached hydrogens (tertiary/aromatic N) is 1. The molecule has 0 spiro atoms. The van der Waals surface area contributed by atoms with E-state index >= 15 is 0 Å². The molecule has 0 aromatic heterocycles. The average molecular weight is 287 g/mol. The highest BCUT2D eigenvalue weighted by molar-refractivity contribution is 5.93. The molecule has 1 aliphatic heterocycles. The molecule has 3 N–H and O–H groups in total. The second-order valence-electron chi connectivity index (χ2n) is 6.27. The molecule has 4 heteroatoms. The second-order valence-corrected chi connectivity index (χ2v) is 6.27. The molecule has 0 bridgehead atoms. The maximum atomic E-state index is 12.4. The van der Waals surface area contributed by atoms with E-state index in [1.165, 1.54) is 18.5 Å². The van der Waals surface area contributed by atoms with Crippen LogP contribution in [-0.2, 0) is 4.79 Å². The Morgan fingerprint density at radius 2 is 2.05 bits per heavy atom. The van der Waals surface area contributed by atoms with E-state index in [0.717, 1.165) is 38.0 Å². The summed E-state index contributed by atoms with van der Waals surface area (Å²) in [5.74, 6) is 0.582. The summed E-state index contributed by atoms with van der Waals surface area (Å²) in [6.07, 6.45) is 5.70. The first-order valence-corrected chi connectivity index (χ1v) is 8.14. The van der Waals surface area contributed by atoms with Gasteiger partial charge < -0.3 is 16.0 Å². The quantitative estimate of drug-likeness (QED) is 0.895. The SMILES string of the molecule is NC[C@H]1CCC[C@H]1C(=O)Nc1cccc(N2CCCC2)c1. The molecule has 1 heterocycles. The van der Waals surface area contributed by atoms with Crippen LogP contribution in [0.1, 0.15) is 32.1 Å². The number of nitrogens with two attached hydrogens (primary N) is 1. The normalized spacial score (nSPS) is 25.3. The van der Waals surface area contributed by atoms with Gasteiger partial charge in [-0.05, 0) is 56.3 Å². The Morgan fingerprint density at radius 1 is 1.24 bits per heavy atom. The van der Waals surface area contributed by atoms with Crippen LogP contribution in [0.3, 0.4) is 0 Å². The van der Waals surface area contributed by atoms with Crippen LogP contribution in [0.25, 0.3) is 0 Å². The van der Waals surface area contributed by atoms with E-state index in [0.29, 0.717) is 12.5 Å². The molecule has 2 fully saturated rings. The monoisotopic (exact) mass is 287 g/mol. The zero-order valence-corrected chi connectivity index (χ0v) is 12.6. The topological polar surface area (TPSA) is 58.4 Å². The third kappa shape index (κ3) is 3.21. The lowest BCUT2D eigenvalue weighted by molar-refractivity contribution is -0.120. The lowest BCUT2D eigenvalue weighted by Gasteiger charge is -2.20. The maximum absolute atomic E-state index is 12.4. The van der Waals surface area contributed by atoms with Crippen molar-refractivity contribution in [1.29, 1.82) is 0 Å². The third-order valence-electron chi connectivity index (χ3n) is 4.88. The van der Waals surface area contributed by atoms with Gasteiger partial charge in [-0.25, -0.2) is 0 Å². The van der Waals surface area contributed by atoms with Gasteiger partial charge in [-0.3, -0.25) is 4.79 Å². The molecular weight excluding hydrogens is 262 g/mol. The number of carbonyl (C=O) groups excluding carboxylic acids is 1. The molecule has 114 valence electrons. The Bertz CT molecular complexity index is 497. The molecular formula is C17H25N3O. The first-order valence-electron chi connectivity index (χ1n) is 8.14. The molecule has 1 amide bonds. The Balaban J connectivity index is 1.67. The summed E-state index contributed by atoms with van der Waals surface area (Å²) in [5.41, 5.74) is 7.90. The number of hydrogen-bond donors (Lipinski definition) is 2. The van der Waals surface area contributed by atoms with Gasteiger partial charge in [-0.1, -0.05) is 12.5 Å². The van der Waals surface area contributed by atoms with Crippen LogP contribution in [0.2, 0.25) is 0 Å². The van der Waals surface area contributed by atoms with Crippen LogP contribution in [0.4, 0.5) is 11.4 Å². The number of rotatable bonds is 4. The van der Waals surface area contributed by atoms with Crippen molar-refractivity contribution in [3.8, 4) is 0 Å². The number of anilines is 2. The van der Waals surface area contributed by atoms with Crippen LogP contribution in [0, 0.1) is 11.8 Å². The summed E-state index contributed by atoms with van der Waals surface area (Å²) in [4.78, 5) is 14.8. The number of hydrogen-bond acceptors (Lipinski definition) is 3. The fraction of sp³-hybridized carbons (Fsp3) is 0.588. The van der Waals surface area contributed by atoms with Gasteiger partial charge in [-0.15, -0.1) is 0 Å². The van der Waals surface area contributed by atoms with Crippen LogP contribution < -0.4 is 16.0 Å². The second kappa shape index (κ2) is 6.48. The predicted molar refractivity (Wildman–Crippen MR) is 86.4 cm³/mol. The van der Waals surface area contributed by atoms with Crippen molar-refractivity contribution < 1.29 is 4.79 Å². The van der Waals surface area contributed by atoms with Crippen molar-refractivity contribution in [2.24, 2.45) is 17.6 Å². The van der Waals surface area contributed by atoms with E-state index in [4.69, 9.17) is 5.73 Å². The van der Waals surface area contributed by atoms with Crippen molar-refractivity contribution >= 4 is 17.3 Å². The molecule has 1 aromatic carbocycles. The van der Waals surface area contributed by atoms with Gasteiger partial charge in [0.05, 0.1) is 0 Å². The standard InChI is InChI=1S/C17H25N3O/c18-12-13-5-3-8-16(13)17(21)19-14-6-4-7-15(11-14)20-9-1-2-10-20/h4,6-7,11,13,16H,1-3,5,8-10,12,18H2,(H,19,21)/t13-,16-/m1/s1. The third-order valence-corrected chi connectivity index (χ3v) is 4.88. The molecule has 2 aliphatic rings. The molecule has 1 saturated carbocycles. The highest BCUT2D eigenvalue weighted by Gasteiger charge is 2.31. The lowest BCUT2D eigenvalue weighted by Crippen LogP contribution is -2.29. The van der Waals surface area contributed by atoms with Gasteiger partial charge in [0, 0.05) is 30.4 Å². The first kappa shape index (κ1) is 14.4. The van der Waals surface area contributed by atoms with E-state index in [1.807, 2.05) is 12.1 Å². The van der Waals surface area contributed by atoms with Crippen molar-refractivity contribution in [2.45, 2.75) is 32.1 Å². The summed E-state index contributed by atoms with van der Waals surface area (Å²) in [6.45, 7) is 2.86. The molecule has 2 atom stereocenters. The van der Waals surface area contributed by atoms with Gasteiger partial charge in [0.25, 0.3) is 0 Å². The molecule has 3 rings (SSSR count). The highest BCUT2D eigenvalue weighted by atomic mass is 16.1. The van der Waals surface area contributed by atoms with Crippen LogP contribution in [0.5, 0.6) is 0 Å². The van der Waals surface area contributed by atoms with E-state index < -0.39 is 0 Å². The van der Waals surface area contributed by atoms with Gasteiger partial charge in [0.2, 0.25) is 5.91 Å². The fourth-order valence-corrected chi connectivity index (χ4v) is 3.65. The number of amides is 1. The number of benzene rings is 1. The lowest BCUT2D eigenvalue weighted by atomic mass is 9.95. The van der Waals surface area contributed by atoms with Crippen molar-refractivity contribution in [3.05, 3.63) is 24.3 Å². The van der Waals surface area contributed by atoms with Crippen molar-refractivity contribution in [2.75, 3.05) is 29.9 Å². The van der Waals surface area contributed by atoms with Gasteiger partial charge in [0.1, 0.15) is 0 Å². The Hall–Kier alpha value is -1.55. The summed E-state index contributed by atoms with van der Waals surface area (Å²) in [6, 6.07) is 8.22. The first-order chi connectivity index (χ1) is 10.3. The largest absolute Gasteiger partial charge is 0.371 e. The van der Waals surface area contributed by atoms with E-state index in [1.54, 1.807) is 0 Å². The van der Waals surface area contributed by atoms with Gasteiger partial charge in [-0.2, -0.15) is 0 Å². The minimum Gasteiger partial charge on any atom is -0.371 e. The molecule has 4 nitrogen and oxygen atoms in total. The fourth-order valence-electron chi connectivity index (χ4n) is 3.65. The van der Waals surface area contributed by atoms with Crippen LogP contribution >= 0.6 is 0 Å². The van der Waals surface area contributed by atoms with Gasteiger partial charge in [0.15, 0.2) is 0 Å².